The first-order chi connectivity index (χ1) is 16.9. The first-order valence-electron chi connectivity index (χ1n) is 10.1. The van der Waals surface area contributed by atoms with Gasteiger partial charge in [0.05, 0.1) is 6.20 Å². The highest BCUT2D eigenvalue weighted by Gasteiger charge is 2.54. The minimum absolute atomic E-state index is 0.0357. The van der Waals surface area contributed by atoms with Crippen LogP contribution in [0.25, 0.3) is 5.65 Å². The quantitative estimate of drug-likeness (QED) is 0.150. The van der Waals surface area contributed by atoms with Crippen molar-refractivity contribution in [3.05, 3.63) is 47.8 Å². The zero-order valence-electron chi connectivity index (χ0n) is 18.1. The molecule has 2 atom stereocenters. The predicted octanol–water partition coefficient (Wildman–Crippen LogP) is -1.16. The number of β-lactam (4-membered cyclic amide) rings is 1. The summed E-state index contributed by atoms with van der Waals surface area (Å²) >= 11 is 2.24. The molecule has 5 rings (SSSR count). The van der Waals surface area contributed by atoms with Crippen molar-refractivity contribution in [2.24, 2.45) is 5.16 Å². The van der Waals surface area contributed by atoms with Gasteiger partial charge in [-0.05, 0) is 6.07 Å². The van der Waals surface area contributed by atoms with E-state index in [9.17, 15) is 19.5 Å². The van der Waals surface area contributed by atoms with Gasteiger partial charge >= 0.3 is 11.6 Å². The average molecular weight is 517 g/mol. The molecule has 0 radical (unpaired) electrons. The molecule has 0 spiro atoms. The fraction of sp³-hybridized carbons (Fsp3) is 0.263. The molecule has 5 heterocycles. The lowest BCUT2D eigenvalue weighted by molar-refractivity contribution is -0.662. The highest BCUT2D eigenvalue weighted by atomic mass is 32.2. The minimum atomic E-state index is -1.21. The average Bonchev–Trinajstić information content (AvgIpc) is 3.46. The lowest BCUT2D eigenvalue weighted by Gasteiger charge is -2.49. The Bertz CT molecular complexity index is 1410. The van der Waals surface area contributed by atoms with Gasteiger partial charge in [-0.15, -0.1) is 16.3 Å². The number of nitrogens with zero attached hydrogens (tertiary/aromatic N) is 7. The fourth-order valence-electron chi connectivity index (χ4n) is 3.90. The van der Waals surface area contributed by atoms with Crippen LogP contribution in [0.15, 0.2) is 47.1 Å². The van der Waals surface area contributed by atoms with Gasteiger partial charge in [0.15, 0.2) is 11.3 Å². The number of imidazole rings is 1. The van der Waals surface area contributed by atoms with Gasteiger partial charge in [0, 0.05) is 28.9 Å². The van der Waals surface area contributed by atoms with Crippen LogP contribution in [0.4, 0.5) is 5.13 Å². The van der Waals surface area contributed by atoms with E-state index in [-0.39, 0.29) is 28.9 Å². The SMILES string of the molecule is CO/N=C(\C(=O)N[C@H]1C(=O)N2C(C(=O)O)=C(C[n+]3ccn4ncccc43)CSC12)c1nsc(N)n1. The van der Waals surface area contributed by atoms with E-state index < -0.39 is 29.2 Å². The van der Waals surface area contributed by atoms with Crippen LogP contribution in [0, 0.1) is 0 Å². The number of nitrogens with one attached hydrogen (secondary N) is 1. The largest absolute Gasteiger partial charge is 0.477 e. The minimum Gasteiger partial charge on any atom is -0.477 e. The maximum Gasteiger partial charge on any atom is 0.352 e. The number of amides is 2. The summed E-state index contributed by atoms with van der Waals surface area (Å²) in [6, 6.07) is 2.69. The first-order valence-corrected chi connectivity index (χ1v) is 11.9. The number of anilines is 1. The van der Waals surface area contributed by atoms with Gasteiger partial charge < -0.3 is 21.0 Å². The van der Waals surface area contributed by atoms with Crippen molar-refractivity contribution >= 4 is 57.6 Å². The Morgan fingerprint density at radius 1 is 1.46 bits per heavy atom. The smallest absolute Gasteiger partial charge is 0.352 e. The third kappa shape index (κ3) is 3.95. The van der Waals surface area contributed by atoms with Crippen LogP contribution in [0.2, 0.25) is 0 Å². The molecule has 2 amide bonds. The number of aromatic nitrogens is 5. The summed E-state index contributed by atoms with van der Waals surface area (Å²) in [5.41, 5.74) is 6.60. The second-order valence-corrected chi connectivity index (χ2v) is 9.34. The van der Waals surface area contributed by atoms with E-state index in [0.29, 0.717) is 11.3 Å². The zero-order valence-corrected chi connectivity index (χ0v) is 19.7. The highest BCUT2D eigenvalue weighted by Crippen LogP contribution is 2.40. The van der Waals surface area contributed by atoms with Crippen LogP contribution in [-0.4, -0.2) is 76.8 Å². The lowest BCUT2D eigenvalue weighted by atomic mass is 10.0. The molecule has 0 aliphatic carbocycles. The molecule has 2 aliphatic heterocycles. The van der Waals surface area contributed by atoms with Crippen molar-refractivity contribution in [2.75, 3.05) is 18.6 Å². The van der Waals surface area contributed by atoms with Crippen LogP contribution >= 0.6 is 23.3 Å². The fourth-order valence-corrected chi connectivity index (χ4v) is 5.67. The Balaban J connectivity index is 1.37. The van der Waals surface area contributed by atoms with Crippen molar-refractivity contribution in [3.63, 3.8) is 0 Å². The second-order valence-electron chi connectivity index (χ2n) is 7.45. The van der Waals surface area contributed by atoms with Crippen molar-refractivity contribution in [1.82, 2.24) is 29.2 Å². The second kappa shape index (κ2) is 8.95. The molecule has 180 valence electrons. The molecule has 16 heteroatoms. The molecule has 0 saturated carbocycles. The van der Waals surface area contributed by atoms with Gasteiger partial charge in [-0.3, -0.25) is 14.5 Å². The summed E-state index contributed by atoms with van der Waals surface area (Å²) in [5.74, 6) is -2.17. The molecule has 14 nitrogen and oxygen atoms in total. The molecule has 1 saturated heterocycles. The van der Waals surface area contributed by atoms with Gasteiger partial charge in [0.2, 0.25) is 11.5 Å². The number of thioether (sulfide) groups is 1. The summed E-state index contributed by atoms with van der Waals surface area (Å²) in [4.78, 5) is 47.8. The van der Waals surface area contributed by atoms with E-state index in [1.165, 1.54) is 23.8 Å². The number of hydrogen-bond donors (Lipinski definition) is 3. The summed E-state index contributed by atoms with van der Waals surface area (Å²) in [6.45, 7) is 0.270. The summed E-state index contributed by atoms with van der Waals surface area (Å²) in [6.07, 6.45) is 5.21. The molecular formula is C19H18N9O5S2+. The van der Waals surface area contributed by atoms with E-state index in [1.54, 1.807) is 29.2 Å². The molecule has 3 aromatic rings. The molecular weight excluding hydrogens is 498 g/mol. The van der Waals surface area contributed by atoms with Crippen LogP contribution in [0.3, 0.4) is 0 Å². The van der Waals surface area contributed by atoms with Gasteiger partial charge in [0.1, 0.15) is 37.0 Å². The van der Waals surface area contributed by atoms with Gasteiger partial charge in [-0.2, -0.15) is 9.36 Å². The maximum absolute atomic E-state index is 13.0. The number of carboxylic acid groups (broad SMARTS) is 1. The number of rotatable bonds is 7. The Labute approximate surface area is 205 Å². The molecule has 1 unspecified atom stereocenters. The molecule has 1 fully saturated rings. The monoisotopic (exact) mass is 516 g/mol. The lowest BCUT2D eigenvalue weighted by Crippen LogP contribution is -2.71. The number of nitrogen functional groups attached to an aromatic ring is 1. The van der Waals surface area contributed by atoms with Crippen molar-refractivity contribution in [2.45, 2.75) is 18.0 Å². The summed E-state index contributed by atoms with van der Waals surface area (Å²) in [5, 5.41) is 19.9. The first kappa shape index (κ1) is 22.7. The number of carboxylic acids is 1. The van der Waals surface area contributed by atoms with Crippen molar-refractivity contribution < 1.29 is 28.9 Å². The predicted molar refractivity (Wildman–Crippen MR) is 123 cm³/mol. The Morgan fingerprint density at radius 3 is 3.00 bits per heavy atom. The van der Waals surface area contributed by atoms with E-state index in [4.69, 9.17) is 10.6 Å². The number of fused-ring (bicyclic) bond motifs is 2. The van der Waals surface area contributed by atoms with Crippen LogP contribution < -0.4 is 15.6 Å². The van der Waals surface area contributed by atoms with Crippen molar-refractivity contribution in [3.8, 4) is 0 Å². The van der Waals surface area contributed by atoms with E-state index in [0.717, 1.165) is 17.2 Å². The van der Waals surface area contributed by atoms with Crippen LogP contribution in [0.1, 0.15) is 5.82 Å². The number of carbonyl (C=O) groups is 3. The zero-order chi connectivity index (χ0) is 24.7. The van der Waals surface area contributed by atoms with E-state index in [1.807, 2.05) is 10.6 Å². The molecule has 2 aliphatic rings. The highest BCUT2D eigenvalue weighted by molar-refractivity contribution is 8.00. The number of aliphatic carboxylic acids is 1. The van der Waals surface area contributed by atoms with Gasteiger partial charge in [-0.1, -0.05) is 10.3 Å². The number of nitrogens with two attached hydrogens (primary N) is 1. The molecule has 4 N–H and O–H groups in total. The summed E-state index contributed by atoms with van der Waals surface area (Å²) < 4.78 is 7.48. The molecule has 0 bridgehead atoms. The standard InChI is InChI=1S/C19H17N9O5S2/c1-33-24-11(14-23-19(20)35-25-14)15(29)22-12-16(30)28-13(18(31)32)9(8-34-17(12)28)7-26-5-6-27-10(26)3-2-4-21-27/h2-6,12,17H,7-8H2,1H3,(H3-,20,22,23,25,29,31,32)/p+1/b24-11-/t12-,17?/m0/s1. The van der Waals surface area contributed by atoms with E-state index in [2.05, 4.69) is 24.9 Å². The molecule has 0 aromatic carbocycles. The number of hydrogen-bond acceptors (Lipinski definition) is 11. The molecule has 3 aromatic heterocycles. The Kier molecular flexibility index (Phi) is 5.81. The normalized spacial score (nSPS) is 20.0. The van der Waals surface area contributed by atoms with Gasteiger partial charge in [-0.25, -0.2) is 9.36 Å². The third-order valence-corrected chi connectivity index (χ3v) is 7.27. The van der Waals surface area contributed by atoms with Crippen molar-refractivity contribution in [1.29, 1.82) is 0 Å². The van der Waals surface area contributed by atoms with Crippen LogP contribution in [-0.2, 0) is 25.8 Å². The number of carbonyl (C=O) groups excluding carboxylic acids is 2. The topological polar surface area (TPSA) is 181 Å². The van der Waals surface area contributed by atoms with Gasteiger partial charge in [0.25, 0.3) is 11.8 Å². The Morgan fingerprint density at radius 2 is 2.29 bits per heavy atom. The maximum atomic E-state index is 13.0. The van der Waals surface area contributed by atoms with Crippen LogP contribution in [0.5, 0.6) is 0 Å². The summed E-state index contributed by atoms with van der Waals surface area (Å²) in [7, 11) is 1.25. The Hall–Kier alpha value is -4.05. The van der Waals surface area contributed by atoms with E-state index >= 15 is 0 Å². The number of oxime groups is 1. The third-order valence-electron chi connectivity index (χ3n) is 5.39. The molecule has 35 heavy (non-hydrogen) atoms.